The maximum Gasteiger partial charge on any atom is 0.313 e. The lowest BCUT2D eigenvalue weighted by Crippen LogP contribution is -2.25. The molecule has 1 aliphatic rings. The Labute approximate surface area is 130 Å². The minimum Gasteiger partial charge on any atom is -0.481 e. The zero-order valence-electron chi connectivity index (χ0n) is 13.9. The van der Waals surface area contributed by atoms with Gasteiger partial charge < -0.3 is 9.67 Å². The smallest absolute Gasteiger partial charge is 0.313 e. The third-order valence-corrected chi connectivity index (χ3v) is 5.85. The summed E-state index contributed by atoms with van der Waals surface area (Å²) in [5.74, 6) is 0.490. The molecule has 0 saturated heterocycles. The van der Waals surface area contributed by atoms with E-state index in [1.165, 1.54) is 11.8 Å². The van der Waals surface area contributed by atoms with E-state index in [2.05, 4.69) is 63.2 Å². The van der Waals surface area contributed by atoms with Crippen LogP contribution in [0.25, 0.3) is 0 Å². The van der Waals surface area contributed by atoms with Crippen molar-refractivity contribution in [3.8, 4) is 0 Å². The summed E-state index contributed by atoms with van der Waals surface area (Å²) in [6.45, 7) is 15.3. The Morgan fingerprint density at radius 1 is 1.24 bits per heavy atom. The zero-order valence-corrected chi connectivity index (χ0v) is 14.7. The van der Waals surface area contributed by atoms with Crippen LogP contribution in [0.15, 0.2) is 5.16 Å². The minimum atomic E-state index is -0.836. The van der Waals surface area contributed by atoms with Crippen molar-refractivity contribution in [2.75, 3.05) is 5.75 Å². The number of aromatic nitrogens is 3. The number of carbonyl (C=O) groups is 1. The van der Waals surface area contributed by atoms with Gasteiger partial charge in [-0.1, -0.05) is 39.5 Å². The number of thioether (sulfide) groups is 1. The van der Waals surface area contributed by atoms with Gasteiger partial charge in [0, 0.05) is 11.5 Å². The molecule has 1 saturated carbocycles. The molecule has 6 heteroatoms. The molecular weight excluding hydrogens is 286 g/mol. The quantitative estimate of drug-likeness (QED) is 0.864. The van der Waals surface area contributed by atoms with Crippen LogP contribution in [0.5, 0.6) is 0 Å². The van der Waals surface area contributed by atoms with Gasteiger partial charge in [0.05, 0.1) is 5.75 Å². The topological polar surface area (TPSA) is 68.0 Å². The van der Waals surface area contributed by atoms with E-state index in [1.54, 1.807) is 0 Å². The fraction of sp³-hybridized carbons (Fsp3) is 0.800. The first-order chi connectivity index (χ1) is 9.40. The molecule has 21 heavy (non-hydrogen) atoms. The number of aliphatic carboxylic acids is 1. The van der Waals surface area contributed by atoms with Crippen LogP contribution in [0.4, 0.5) is 0 Å². The molecule has 1 aliphatic carbocycles. The molecule has 1 aromatic rings. The van der Waals surface area contributed by atoms with Crippen molar-refractivity contribution in [3.05, 3.63) is 5.82 Å². The summed E-state index contributed by atoms with van der Waals surface area (Å²) < 4.78 is 2.11. The van der Waals surface area contributed by atoms with Crippen molar-refractivity contribution >= 4 is 17.7 Å². The molecule has 0 spiro atoms. The lowest BCUT2D eigenvalue weighted by atomic mass is 10.0. The number of nitrogens with zero attached hydrogens (tertiary/aromatic N) is 3. The zero-order chi connectivity index (χ0) is 16.2. The molecule has 2 rings (SSSR count). The first kappa shape index (κ1) is 16.3. The van der Waals surface area contributed by atoms with E-state index in [-0.39, 0.29) is 22.1 Å². The van der Waals surface area contributed by atoms with Crippen molar-refractivity contribution in [2.24, 2.45) is 10.8 Å². The summed E-state index contributed by atoms with van der Waals surface area (Å²) in [5, 5.41) is 18.3. The normalized spacial score (nSPS) is 20.5. The maximum atomic E-state index is 10.8. The highest BCUT2D eigenvalue weighted by atomic mass is 32.2. The molecule has 1 N–H and O–H groups in total. The van der Waals surface area contributed by atoms with Gasteiger partial charge in [0.2, 0.25) is 0 Å². The second kappa shape index (κ2) is 4.73. The number of hydrogen-bond acceptors (Lipinski definition) is 4. The maximum absolute atomic E-state index is 10.8. The molecule has 1 fully saturated rings. The molecular formula is C15H25N3O2S. The molecule has 0 aromatic carbocycles. The number of hydrogen-bond donors (Lipinski definition) is 1. The van der Waals surface area contributed by atoms with Gasteiger partial charge in [-0.15, -0.1) is 10.2 Å². The molecule has 0 radical (unpaired) electrons. The number of carboxylic acids is 1. The summed E-state index contributed by atoms with van der Waals surface area (Å²) in [5.41, 5.74) is 0.184. The number of carboxylic acid groups (broad SMARTS) is 1. The Morgan fingerprint density at radius 3 is 2.14 bits per heavy atom. The van der Waals surface area contributed by atoms with Crippen molar-refractivity contribution in [2.45, 2.75) is 65.1 Å². The van der Waals surface area contributed by atoms with E-state index in [1.807, 2.05) is 0 Å². The van der Waals surface area contributed by atoms with Crippen LogP contribution in [0.2, 0.25) is 0 Å². The fourth-order valence-electron chi connectivity index (χ4n) is 3.16. The minimum absolute atomic E-state index is 0.00562. The highest BCUT2D eigenvalue weighted by Gasteiger charge is 2.67. The van der Waals surface area contributed by atoms with Crippen molar-refractivity contribution in [1.29, 1.82) is 0 Å². The van der Waals surface area contributed by atoms with Gasteiger partial charge in [0.1, 0.15) is 5.82 Å². The summed E-state index contributed by atoms with van der Waals surface area (Å²) >= 11 is 1.24. The fourth-order valence-corrected chi connectivity index (χ4v) is 4.01. The first-order valence-electron chi connectivity index (χ1n) is 7.21. The number of rotatable bonds is 4. The van der Waals surface area contributed by atoms with E-state index in [0.717, 1.165) is 5.82 Å². The Morgan fingerprint density at radius 2 is 1.76 bits per heavy atom. The first-order valence-corrected chi connectivity index (χ1v) is 8.19. The van der Waals surface area contributed by atoms with Crippen LogP contribution in [0, 0.1) is 10.8 Å². The lowest BCUT2D eigenvalue weighted by molar-refractivity contribution is -0.133. The van der Waals surface area contributed by atoms with Gasteiger partial charge in [-0.2, -0.15) is 0 Å². The Kier molecular flexibility index (Phi) is 3.68. The van der Waals surface area contributed by atoms with Crippen LogP contribution in [0.3, 0.4) is 0 Å². The second-order valence-corrected chi connectivity index (χ2v) is 8.85. The Balaban J connectivity index is 2.42. The molecule has 0 aliphatic heterocycles. The van der Waals surface area contributed by atoms with Crippen LogP contribution >= 0.6 is 11.8 Å². The Hall–Kier alpha value is -1.04. The van der Waals surface area contributed by atoms with Gasteiger partial charge in [-0.25, -0.2) is 0 Å². The summed E-state index contributed by atoms with van der Waals surface area (Å²) in [4.78, 5) is 10.8. The van der Waals surface area contributed by atoms with Crippen LogP contribution in [-0.4, -0.2) is 31.6 Å². The van der Waals surface area contributed by atoms with E-state index < -0.39 is 5.97 Å². The molecule has 0 unspecified atom stereocenters. The third kappa shape index (κ3) is 2.58. The van der Waals surface area contributed by atoms with Gasteiger partial charge >= 0.3 is 5.97 Å². The molecule has 1 heterocycles. The van der Waals surface area contributed by atoms with Gasteiger partial charge in [0.25, 0.3) is 0 Å². The molecule has 118 valence electrons. The standard InChI is InChI=1S/C15H25N3O2S/c1-13(2,3)18-11(10-14(4,5)15(10,6)7)16-17-12(18)21-8-9(19)20/h10H,8H2,1-7H3,(H,19,20). The summed E-state index contributed by atoms with van der Waals surface area (Å²) in [6, 6.07) is 0. The van der Waals surface area contributed by atoms with Gasteiger partial charge in [-0.05, 0) is 31.6 Å². The van der Waals surface area contributed by atoms with Crippen molar-refractivity contribution < 1.29 is 9.90 Å². The van der Waals surface area contributed by atoms with Crippen molar-refractivity contribution in [1.82, 2.24) is 14.8 Å². The van der Waals surface area contributed by atoms with E-state index in [9.17, 15) is 4.79 Å². The lowest BCUT2D eigenvalue weighted by Gasteiger charge is -2.25. The molecule has 5 nitrogen and oxygen atoms in total. The molecule has 0 amide bonds. The van der Waals surface area contributed by atoms with Crippen LogP contribution < -0.4 is 0 Å². The van der Waals surface area contributed by atoms with Gasteiger partial charge in [-0.3, -0.25) is 4.79 Å². The second-order valence-electron chi connectivity index (χ2n) is 7.91. The van der Waals surface area contributed by atoms with E-state index in [4.69, 9.17) is 5.11 Å². The third-order valence-electron chi connectivity index (χ3n) is 4.93. The van der Waals surface area contributed by atoms with Crippen LogP contribution in [0.1, 0.15) is 60.2 Å². The molecule has 0 bridgehead atoms. The highest BCUT2D eigenvalue weighted by molar-refractivity contribution is 7.99. The summed E-state index contributed by atoms with van der Waals surface area (Å²) in [6.07, 6.45) is 0. The highest BCUT2D eigenvalue weighted by Crippen LogP contribution is 2.73. The SMILES string of the molecule is CC(C)(C)n1c(SCC(=O)O)nnc1C1C(C)(C)C1(C)C. The predicted molar refractivity (Wildman–Crippen MR) is 83.7 cm³/mol. The molecule has 1 aromatic heterocycles. The average Bonchev–Trinajstić information content (AvgIpc) is 2.61. The van der Waals surface area contributed by atoms with Gasteiger partial charge in [0.15, 0.2) is 5.16 Å². The predicted octanol–water partition coefficient (Wildman–Crippen LogP) is 3.36. The molecule has 0 atom stereocenters. The largest absolute Gasteiger partial charge is 0.481 e. The van der Waals surface area contributed by atoms with Crippen LogP contribution in [-0.2, 0) is 10.3 Å². The van der Waals surface area contributed by atoms with Crippen molar-refractivity contribution in [3.63, 3.8) is 0 Å². The Bertz CT molecular complexity index is 556. The van der Waals surface area contributed by atoms with E-state index in [0.29, 0.717) is 11.1 Å². The average molecular weight is 311 g/mol. The summed E-state index contributed by atoms with van der Waals surface area (Å²) in [7, 11) is 0. The van der Waals surface area contributed by atoms with E-state index >= 15 is 0 Å². The monoisotopic (exact) mass is 311 g/mol.